The molecule has 4 rings (SSSR count). The number of carbonyl (C=O) groups is 1. The average molecular weight is 414 g/mol. The highest BCUT2D eigenvalue weighted by atomic mass is 16.5. The van der Waals surface area contributed by atoms with Gasteiger partial charge in [0.15, 0.2) is 0 Å². The van der Waals surface area contributed by atoms with E-state index in [1.165, 1.54) is 0 Å². The van der Waals surface area contributed by atoms with E-state index in [0.717, 1.165) is 28.0 Å². The summed E-state index contributed by atoms with van der Waals surface area (Å²) >= 11 is 0. The van der Waals surface area contributed by atoms with E-state index in [4.69, 9.17) is 9.47 Å². The lowest BCUT2D eigenvalue weighted by Gasteiger charge is -2.09. The van der Waals surface area contributed by atoms with Gasteiger partial charge in [-0.1, -0.05) is 18.2 Å². The number of hydrogen-bond donors (Lipinski definition) is 1. The van der Waals surface area contributed by atoms with E-state index in [9.17, 15) is 4.79 Å². The summed E-state index contributed by atoms with van der Waals surface area (Å²) in [6.45, 7) is 1.18. The number of benzene rings is 2. The molecule has 1 N–H and O–H groups in total. The van der Waals surface area contributed by atoms with Gasteiger partial charge in [-0.15, -0.1) is 0 Å². The minimum absolute atomic E-state index is 0.282. The van der Waals surface area contributed by atoms with Crippen molar-refractivity contribution < 1.29 is 14.3 Å². The van der Waals surface area contributed by atoms with Crippen molar-refractivity contribution in [3.05, 3.63) is 90.4 Å². The van der Waals surface area contributed by atoms with E-state index in [0.29, 0.717) is 18.7 Å². The fourth-order valence-corrected chi connectivity index (χ4v) is 3.23. The van der Waals surface area contributed by atoms with Gasteiger partial charge in [0.2, 0.25) is 0 Å². The molecule has 156 valence electrons. The molecule has 2 heterocycles. The van der Waals surface area contributed by atoms with Crippen molar-refractivity contribution in [2.75, 3.05) is 13.7 Å². The molecule has 0 unspecified atom stereocenters. The van der Waals surface area contributed by atoms with Crippen LogP contribution in [0.25, 0.3) is 10.9 Å². The van der Waals surface area contributed by atoms with Crippen molar-refractivity contribution >= 4 is 23.0 Å². The molecule has 0 spiro atoms. The number of rotatable bonds is 8. The number of ether oxygens (including phenoxy) is 2. The van der Waals surface area contributed by atoms with Crippen LogP contribution >= 0.6 is 0 Å². The summed E-state index contributed by atoms with van der Waals surface area (Å²) < 4.78 is 13.1. The molecule has 0 aliphatic rings. The molecular formula is C24H22N4O3. The summed E-state index contributed by atoms with van der Waals surface area (Å²) in [5.74, 6) is 1.30. The van der Waals surface area contributed by atoms with E-state index in [-0.39, 0.29) is 5.91 Å². The van der Waals surface area contributed by atoms with Crippen LogP contribution in [0.2, 0.25) is 0 Å². The van der Waals surface area contributed by atoms with Crippen molar-refractivity contribution in [2.45, 2.75) is 6.54 Å². The first kappa shape index (κ1) is 20.2. The molecule has 0 fully saturated rings. The van der Waals surface area contributed by atoms with Gasteiger partial charge in [-0.2, -0.15) is 5.10 Å². The second kappa shape index (κ2) is 9.58. The van der Waals surface area contributed by atoms with Crippen LogP contribution in [0.5, 0.6) is 11.5 Å². The van der Waals surface area contributed by atoms with Crippen LogP contribution in [0.15, 0.2) is 84.4 Å². The Morgan fingerprint density at radius 2 is 1.81 bits per heavy atom. The number of methoxy groups -OCH3 is 1. The highest BCUT2D eigenvalue weighted by Crippen LogP contribution is 2.21. The molecule has 7 nitrogen and oxygen atoms in total. The topological polar surface area (TPSA) is 77.7 Å². The zero-order valence-electron chi connectivity index (χ0n) is 17.1. The molecule has 0 aliphatic heterocycles. The minimum Gasteiger partial charge on any atom is -0.497 e. The molecule has 0 atom stereocenters. The number of hydrazone groups is 1. The third kappa shape index (κ3) is 4.90. The number of pyridine rings is 1. The summed E-state index contributed by atoms with van der Waals surface area (Å²) in [5.41, 5.74) is 5.04. The van der Waals surface area contributed by atoms with Crippen LogP contribution in [-0.2, 0) is 6.54 Å². The first-order valence-corrected chi connectivity index (χ1v) is 9.83. The highest BCUT2D eigenvalue weighted by Gasteiger charge is 2.08. The molecule has 0 saturated carbocycles. The lowest BCUT2D eigenvalue weighted by atomic mass is 10.2. The third-order valence-corrected chi connectivity index (χ3v) is 4.79. The Balaban J connectivity index is 1.43. The summed E-state index contributed by atoms with van der Waals surface area (Å²) in [7, 11) is 1.64. The molecule has 2 aromatic heterocycles. The van der Waals surface area contributed by atoms with Gasteiger partial charge < -0.3 is 14.0 Å². The first-order chi connectivity index (χ1) is 15.2. The standard InChI is InChI=1S/C24H22N4O3/c1-30-20-6-8-21(9-7-20)31-15-14-28-17-19(22-4-2-3-5-23(22)28)16-26-27-24(29)18-10-12-25-13-11-18/h2-13,16-17H,14-15H2,1H3,(H,27,29)/b26-16+. The fraction of sp³-hybridized carbons (Fsp3) is 0.125. The number of nitrogens with one attached hydrogen (secondary N) is 1. The molecule has 4 aromatic rings. The maximum absolute atomic E-state index is 12.1. The Hall–Kier alpha value is -4.13. The monoisotopic (exact) mass is 414 g/mol. The number of hydrogen-bond acceptors (Lipinski definition) is 5. The number of fused-ring (bicyclic) bond motifs is 1. The lowest BCUT2D eigenvalue weighted by molar-refractivity contribution is 0.0955. The van der Waals surface area contributed by atoms with Gasteiger partial charge in [-0.25, -0.2) is 5.43 Å². The van der Waals surface area contributed by atoms with Gasteiger partial charge in [0.05, 0.1) is 19.9 Å². The van der Waals surface area contributed by atoms with Crippen LogP contribution in [0.1, 0.15) is 15.9 Å². The van der Waals surface area contributed by atoms with Gasteiger partial charge in [-0.3, -0.25) is 9.78 Å². The van der Waals surface area contributed by atoms with Crippen molar-refractivity contribution in [3.63, 3.8) is 0 Å². The third-order valence-electron chi connectivity index (χ3n) is 4.79. The smallest absolute Gasteiger partial charge is 0.271 e. The van der Waals surface area contributed by atoms with Gasteiger partial charge in [0, 0.05) is 40.6 Å². The fourth-order valence-electron chi connectivity index (χ4n) is 3.23. The minimum atomic E-state index is -0.282. The Morgan fingerprint density at radius 3 is 2.58 bits per heavy atom. The number of aromatic nitrogens is 2. The predicted molar refractivity (Wildman–Crippen MR) is 120 cm³/mol. The zero-order valence-corrected chi connectivity index (χ0v) is 17.1. The Morgan fingerprint density at radius 1 is 1.06 bits per heavy atom. The van der Waals surface area contributed by atoms with Crippen molar-refractivity contribution in [3.8, 4) is 11.5 Å². The summed E-state index contributed by atoms with van der Waals surface area (Å²) in [5, 5.41) is 5.17. The van der Waals surface area contributed by atoms with E-state index in [1.807, 2.05) is 48.7 Å². The Labute approximate surface area is 179 Å². The van der Waals surface area contributed by atoms with Gasteiger partial charge >= 0.3 is 0 Å². The molecule has 7 heteroatoms. The van der Waals surface area contributed by atoms with Gasteiger partial charge in [0.25, 0.3) is 5.91 Å². The molecule has 31 heavy (non-hydrogen) atoms. The quantitative estimate of drug-likeness (QED) is 0.351. The number of amides is 1. The molecule has 0 radical (unpaired) electrons. The number of carbonyl (C=O) groups excluding carboxylic acids is 1. The second-order valence-electron chi connectivity index (χ2n) is 6.75. The van der Waals surface area contributed by atoms with Gasteiger partial charge in [0.1, 0.15) is 18.1 Å². The molecule has 0 bridgehead atoms. The SMILES string of the molecule is COc1ccc(OCCn2cc(/C=N/NC(=O)c3ccncc3)c3ccccc32)cc1. The van der Waals surface area contributed by atoms with Crippen LogP contribution in [-0.4, -0.2) is 35.4 Å². The summed E-state index contributed by atoms with van der Waals surface area (Å²) in [6, 6.07) is 18.8. The van der Waals surface area contributed by atoms with Crippen LogP contribution in [0, 0.1) is 0 Å². The Bertz CT molecular complexity index is 1180. The summed E-state index contributed by atoms with van der Waals surface area (Å²) in [6.07, 6.45) is 6.80. The highest BCUT2D eigenvalue weighted by molar-refractivity contribution is 6.00. The second-order valence-corrected chi connectivity index (χ2v) is 6.75. The zero-order chi connectivity index (χ0) is 21.5. The predicted octanol–water partition coefficient (Wildman–Crippen LogP) is 3.89. The normalized spacial score (nSPS) is 11.0. The maximum atomic E-state index is 12.1. The van der Waals surface area contributed by atoms with E-state index in [2.05, 4.69) is 26.1 Å². The van der Waals surface area contributed by atoms with E-state index >= 15 is 0 Å². The van der Waals surface area contributed by atoms with Crippen molar-refractivity contribution in [1.82, 2.24) is 15.0 Å². The number of nitrogens with zero attached hydrogens (tertiary/aromatic N) is 3. The van der Waals surface area contributed by atoms with Crippen LogP contribution in [0.3, 0.4) is 0 Å². The maximum Gasteiger partial charge on any atom is 0.271 e. The van der Waals surface area contributed by atoms with Crippen molar-refractivity contribution in [2.24, 2.45) is 5.10 Å². The molecular weight excluding hydrogens is 392 g/mol. The molecule has 1 amide bonds. The first-order valence-electron chi connectivity index (χ1n) is 9.83. The molecule has 0 saturated heterocycles. The number of para-hydroxylation sites is 1. The van der Waals surface area contributed by atoms with Gasteiger partial charge in [-0.05, 0) is 42.5 Å². The Kier molecular flexibility index (Phi) is 6.23. The van der Waals surface area contributed by atoms with Crippen LogP contribution < -0.4 is 14.9 Å². The lowest BCUT2D eigenvalue weighted by Crippen LogP contribution is -2.17. The van der Waals surface area contributed by atoms with Crippen LogP contribution in [0.4, 0.5) is 0 Å². The average Bonchev–Trinajstić information content (AvgIpc) is 3.18. The molecule has 0 aliphatic carbocycles. The van der Waals surface area contributed by atoms with E-state index < -0.39 is 0 Å². The molecule has 2 aromatic carbocycles. The summed E-state index contributed by atoms with van der Waals surface area (Å²) in [4.78, 5) is 16.0. The van der Waals surface area contributed by atoms with Crippen molar-refractivity contribution in [1.29, 1.82) is 0 Å². The van der Waals surface area contributed by atoms with E-state index in [1.54, 1.807) is 37.9 Å². The largest absolute Gasteiger partial charge is 0.497 e.